The summed E-state index contributed by atoms with van der Waals surface area (Å²) in [6.45, 7) is 1.57. The van der Waals surface area contributed by atoms with Gasteiger partial charge in [0.1, 0.15) is 5.92 Å². The first kappa shape index (κ1) is 11.4. The molecule has 0 amide bonds. The lowest BCUT2D eigenvalue weighted by Gasteiger charge is -2.07. The first-order valence-electron chi connectivity index (χ1n) is 4.79. The molecule has 3 heteroatoms. The van der Waals surface area contributed by atoms with Crippen molar-refractivity contribution in [3.05, 3.63) is 35.9 Å². The first-order chi connectivity index (χ1) is 7.15. The average Bonchev–Trinajstić information content (AvgIpc) is 2.28. The van der Waals surface area contributed by atoms with Crippen molar-refractivity contribution >= 4 is 11.8 Å². The van der Waals surface area contributed by atoms with Crippen LogP contribution in [0.1, 0.15) is 12.5 Å². The van der Waals surface area contributed by atoms with E-state index in [2.05, 4.69) is 4.74 Å². The molecule has 0 N–H and O–H groups in total. The van der Waals surface area contributed by atoms with E-state index in [0.29, 0.717) is 0 Å². The number of ketones is 1. The summed E-state index contributed by atoms with van der Waals surface area (Å²) in [5.74, 6) is -1.28. The summed E-state index contributed by atoms with van der Waals surface area (Å²) in [6.07, 6.45) is 0.275. The Balaban J connectivity index is 2.60. The van der Waals surface area contributed by atoms with Gasteiger partial charge in [-0.3, -0.25) is 9.59 Å². The van der Waals surface area contributed by atoms with Crippen LogP contribution in [0.4, 0.5) is 0 Å². The molecule has 0 aromatic heterocycles. The molecule has 0 radical (unpaired) electrons. The molecule has 1 unspecified atom stereocenters. The van der Waals surface area contributed by atoms with Gasteiger partial charge in [0.15, 0.2) is 5.78 Å². The number of hydrogen-bond donors (Lipinski definition) is 0. The molecule has 3 nitrogen and oxygen atoms in total. The summed E-state index contributed by atoms with van der Waals surface area (Å²) in [5.41, 5.74) is 0.915. The third-order valence-electron chi connectivity index (χ3n) is 2.26. The second-order valence-corrected chi connectivity index (χ2v) is 3.37. The van der Waals surface area contributed by atoms with Crippen molar-refractivity contribution in [3.8, 4) is 0 Å². The van der Waals surface area contributed by atoms with Crippen molar-refractivity contribution in [2.75, 3.05) is 7.11 Å². The summed E-state index contributed by atoms with van der Waals surface area (Å²) in [5, 5.41) is 0. The van der Waals surface area contributed by atoms with Gasteiger partial charge in [-0.25, -0.2) is 0 Å². The highest BCUT2D eigenvalue weighted by molar-refractivity contribution is 5.99. The molecule has 0 saturated carbocycles. The minimum atomic E-state index is -0.685. The zero-order valence-electron chi connectivity index (χ0n) is 8.90. The number of ether oxygens (including phenoxy) is 1. The average molecular weight is 206 g/mol. The molecule has 1 aromatic rings. The van der Waals surface area contributed by atoms with Gasteiger partial charge in [-0.15, -0.1) is 0 Å². The molecule has 80 valence electrons. The monoisotopic (exact) mass is 206 g/mol. The van der Waals surface area contributed by atoms with Crippen LogP contribution < -0.4 is 0 Å². The Labute approximate surface area is 89.1 Å². The first-order valence-corrected chi connectivity index (χ1v) is 4.79. The van der Waals surface area contributed by atoms with Gasteiger partial charge in [0.25, 0.3) is 0 Å². The Morgan fingerprint density at radius 3 is 2.40 bits per heavy atom. The van der Waals surface area contributed by atoms with E-state index in [1.807, 2.05) is 30.3 Å². The Kier molecular flexibility index (Phi) is 4.03. The minimum absolute atomic E-state index is 0.118. The lowest BCUT2D eigenvalue weighted by molar-refractivity contribution is -0.148. The Morgan fingerprint density at radius 2 is 1.87 bits per heavy atom. The summed E-state index contributed by atoms with van der Waals surface area (Å²) in [7, 11) is 1.29. The fraction of sp³-hybridized carbons (Fsp3) is 0.333. The van der Waals surface area contributed by atoms with Gasteiger partial charge in [0.05, 0.1) is 7.11 Å². The number of Topliss-reactive ketones (excluding diaryl/α,β-unsaturated/α-hetero) is 1. The molecular weight excluding hydrogens is 192 g/mol. The van der Waals surface area contributed by atoms with Gasteiger partial charge >= 0.3 is 5.97 Å². The van der Waals surface area contributed by atoms with Crippen LogP contribution in [0.15, 0.2) is 30.3 Å². The molecule has 0 bridgehead atoms. The van der Waals surface area contributed by atoms with E-state index in [1.54, 1.807) is 6.92 Å². The number of methoxy groups -OCH3 is 1. The molecule has 1 rings (SSSR count). The van der Waals surface area contributed by atoms with E-state index in [4.69, 9.17) is 0 Å². The summed E-state index contributed by atoms with van der Waals surface area (Å²) >= 11 is 0. The van der Waals surface area contributed by atoms with Crippen LogP contribution in [-0.2, 0) is 20.7 Å². The maximum Gasteiger partial charge on any atom is 0.315 e. The molecule has 0 aliphatic carbocycles. The van der Waals surface area contributed by atoms with E-state index in [1.165, 1.54) is 7.11 Å². The van der Waals surface area contributed by atoms with Gasteiger partial charge in [-0.1, -0.05) is 30.3 Å². The quantitative estimate of drug-likeness (QED) is 0.555. The van der Waals surface area contributed by atoms with E-state index in [9.17, 15) is 9.59 Å². The molecule has 0 aliphatic heterocycles. The van der Waals surface area contributed by atoms with Crippen LogP contribution >= 0.6 is 0 Å². The maximum atomic E-state index is 11.6. The molecule has 1 atom stereocenters. The molecule has 0 spiro atoms. The number of carbonyl (C=O) groups is 2. The Morgan fingerprint density at radius 1 is 1.27 bits per heavy atom. The number of carbonyl (C=O) groups excluding carboxylic acids is 2. The highest BCUT2D eigenvalue weighted by Gasteiger charge is 2.21. The summed E-state index contributed by atoms with van der Waals surface area (Å²) in [6, 6.07) is 9.35. The highest BCUT2D eigenvalue weighted by atomic mass is 16.5. The van der Waals surface area contributed by atoms with Gasteiger partial charge in [-0.2, -0.15) is 0 Å². The zero-order chi connectivity index (χ0) is 11.3. The topological polar surface area (TPSA) is 43.4 Å². The van der Waals surface area contributed by atoms with Crippen molar-refractivity contribution in [2.24, 2.45) is 5.92 Å². The van der Waals surface area contributed by atoms with Crippen LogP contribution in [0.3, 0.4) is 0 Å². The van der Waals surface area contributed by atoms with Crippen molar-refractivity contribution in [3.63, 3.8) is 0 Å². The van der Waals surface area contributed by atoms with Crippen LogP contribution in [0.2, 0.25) is 0 Å². The van der Waals surface area contributed by atoms with Crippen molar-refractivity contribution in [1.82, 2.24) is 0 Å². The predicted molar refractivity (Wildman–Crippen MR) is 56.3 cm³/mol. The Bertz CT molecular complexity index is 343. The van der Waals surface area contributed by atoms with E-state index in [-0.39, 0.29) is 12.2 Å². The van der Waals surface area contributed by atoms with Gasteiger partial charge < -0.3 is 4.74 Å². The normalized spacial score (nSPS) is 11.9. The third-order valence-corrected chi connectivity index (χ3v) is 2.26. The number of benzene rings is 1. The molecule has 0 aliphatic rings. The third kappa shape index (κ3) is 3.20. The number of esters is 1. The fourth-order valence-corrected chi connectivity index (χ4v) is 1.26. The SMILES string of the molecule is COC(=O)C(C)C(=O)Cc1ccccc1. The minimum Gasteiger partial charge on any atom is -0.468 e. The number of rotatable bonds is 4. The van der Waals surface area contributed by atoms with Gasteiger partial charge in [-0.05, 0) is 12.5 Å². The maximum absolute atomic E-state index is 11.6. The Hall–Kier alpha value is -1.64. The molecule has 0 heterocycles. The largest absolute Gasteiger partial charge is 0.468 e. The molecular formula is C12H14O3. The number of hydrogen-bond acceptors (Lipinski definition) is 3. The summed E-state index contributed by atoms with van der Waals surface area (Å²) < 4.78 is 4.51. The van der Waals surface area contributed by atoms with E-state index < -0.39 is 11.9 Å². The lowest BCUT2D eigenvalue weighted by Crippen LogP contribution is -2.23. The summed E-state index contributed by atoms with van der Waals surface area (Å²) in [4.78, 5) is 22.7. The second-order valence-electron chi connectivity index (χ2n) is 3.37. The van der Waals surface area contributed by atoms with Crippen molar-refractivity contribution < 1.29 is 14.3 Å². The van der Waals surface area contributed by atoms with Crippen molar-refractivity contribution in [2.45, 2.75) is 13.3 Å². The zero-order valence-corrected chi connectivity index (χ0v) is 8.90. The van der Waals surface area contributed by atoms with Crippen LogP contribution in [-0.4, -0.2) is 18.9 Å². The highest BCUT2D eigenvalue weighted by Crippen LogP contribution is 2.07. The molecule has 15 heavy (non-hydrogen) atoms. The predicted octanol–water partition coefficient (Wildman–Crippen LogP) is 1.61. The molecule has 0 fully saturated rings. The van der Waals surface area contributed by atoms with Crippen molar-refractivity contribution in [1.29, 1.82) is 0 Å². The van der Waals surface area contributed by atoms with Crippen LogP contribution in [0.5, 0.6) is 0 Å². The second kappa shape index (κ2) is 5.29. The van der Waals surface area contributed by atoms with Crippen LogP contribution in [0.25, 0.3) is 0 Å². The van der Waals surface area contributed by atoms with Crippen LogP contribution in [0, 0.1) is 5.92 Å². The van der Waals surface area contributed by atoms with E-state index in [0.717, 1.165) is 5.56 Å². The van der Waals surface area contributed by atoms with Gasteiger partial charge in [0, 0.05) is 6.42 Å². The molecule has 1 aromatic carbocycles. The molecule has 0 saturated heterocycles. The lowest BCUT2D eigenvalue weighted by atomic mass is 10.00. The smallest absolute Gasteiger partial charge is 0.315 e. The van der Waals surface area contributed by atoms with E-state index >= 15 is 0 Å². The fourth-order valence-electron chi connectivity index (χ4n) is 1.26. The van der Waals surface area contributed by atoms with Gasteiger partial charge in [0.2, 0.25) is 0 Å². The standard InChI is InChI=1S/C12H14O3/c1-9(12(14)15-2)11(13)8-10-6-4-3-5-7-10/h3-7,9H,8H2,1-2H3.